The zero-order valence-electron chi connectivity index (χ0n) is 11.4. The van der Waals surface area contributed by atoms with Gasteiger partial charge in [-0.05, 0) is 50.2 Å². The quantitative estimate of drug-likeness (QED) is 0.570. The number of nitrogens with zero attached hydrogens (tertiary/aromatic N) is 3. The molecule has 4 nitrogen and oxygen atoms in total. The van der Waals surface area contributed by atoms with Gasteiger partial charge in [0.05, 0.1) is 11.7 Å². The maximum absolute atomic E-state index is 4.68. The van der Waals surface area contributed by atoms with Crippen LogP contribution in [0.3, 0.4) is 0 Å². The molecular formula is C16H14N4. The summed E-state index contributed by atoms with van der Waals surface area (Å²) in [6.07, 6.45) is 1.85. The van der Waals surface area contributed by atoms with E-state index in [4.69, 9.17) is 0 Å². The summed E-state index contributed by atoms with van der Waals surface area (Å²) >= 11 is 0. The molecule has 4 aromatic rings. The lowest BCUT2D eigenvalue weighted by Crippen LogP contribution is -1.98. The predicted molar refractivity (Wildman–Crippen MR) is 80.2 cm³/mol. The highest BCUT2D eigenvalue weighted by Gasteiger charge is 2.10. The number of aromatic nitrogens is 4. The molecule has 1 N–H and O–H groups in total. The third kappa shape index (κ3) is 1.54. The van der Waals surface area contributed by atoms with Gasteiger partial charge in [-0.3, -0.25) is 9.67 Å². The summed E-state index contributed by atoms with van der Waals surface area (Å²) in [5.41, 5.74) is 5.38. The first-order valence-electron chi connectivity index (χ1n) is 6.61. The molecule has 0 spiro atoms. The van der Waals surface area contributed by atoms with Crippen LogP contribution in [0, 0.1) is 13.8 Å². The highest BCUT2D eigenvalue weighted by Crippen LogP contribution is 2.24. The second-order valence-electron chi connectivity index (χ2n) is 5.13. The first-order valence-corrected chi connectivity index (χ1v) is 6.61. The summed E-state index contributed by atoms with van der Waals surface area (Å²) in [6, 6.07) is 12.6. The lowest BCUT2D eigenvalue weighted by molar-refractivity contribution is 1.02. The van der Waals surface area contributed by atoms with Crippen LogP contribution in [0.1, 0.15) is 11.4 Å². The molecule has 0 bridgehead atoms. The summed E-state index contributed by atoms with van der Waals surface area (Å²) in [5, 5.41) is 9.33. The van der Waals surface area contributed by atoms with Crippen molar-refractivity contribution in [1.29, 1.82) is 0 Å². The van der Waals surface area contributed by atoms with Crippen molar-refractivity contribution in [3.8, 4) is 5.69 Å². The van der Waals surface area contributed by atoms with Crippen LogP contribution in [0.2, 0.25) is 0 Å². The van der Waals surface area contributed by atoms with E-state index in [0.717, 1.165) is 27.9 Å². The summed E-state index contributed by atoms with van der Waals surface area (Å²) in [5.74, 6) is 0. The average molecular weight is 262 g/mol. The van der Waals surface area contributed by atoms with E-state index in [2.05, 4.69) is 57.0 Å². The van der Waals surface area contributed by atoms with Crippen LogP contribution in [-0.2, 0) is 0 Å². The number of H-pyrrole nitrogens is 1. The second-order valence-corrected chi connectivity index (χ2v) is 5.13. The Morgan fingerprint density at radius 1 is 1.00 bits per heavy atom. The van der Waals surface area contributed by atoms with Gasteiger partial charge in [0, 0.05) is 27.8 Å². The number of aryl methyl sites for hydroxylation is 2. The highest BCUT2D eigenvalue weighted by molar-refractivity contribution is 5.83. The SMILES string of the molecule is Cc1ccc2cc(C)n(-c3ccc4[nH]ncc4c3)c2n1. The van der Waals surface area contributed by atoms with Gasteiger partial charge in [-0.15, -0.1) is 0 Å². The monoisotopic (exact) mass is 262 g/mol. The Morgan fingerprint density at radius 3 is 2.80 bits per heavy atom. The molecule has 98 valence electrons. The van der Waals surface area contributed by atoms with Gasteiger partial charge in [-0.25, -0.2) is 4.98 Å². The Labute approximate surface area is 116 Å². The molecule has 0 aliphatic carbocycles. The third-order valence-electron chi connectivity index (χ3n) is 3.66. The second kappa shape index (κ2) is 3.93. The number of nitrogens with one attached hydrogen (secondary N) is 1. The molecule has 0 aliphatic rings. The van der Waals surface area contributed by atoms with E-state index in [0.29, 0.717) is 0 Å². The molecule has 0 saturated carbocycles. The van der Waals surface area contributed by atoms with E-state index < -0.39 is 0 Å². The normalized spacial score (nSPS) is 11.5. The lowest BCUT2D eigenvalue weighted by Gasteiger charge is -2.08. The topological polar surface area (TPSA) is 46.5 Å². The summed E-state index contributed by atoms with van der Waals surface area (Å²) in [6.45, 7) is 4.13. The number of aromatic amines is 1. The average Bonchev–Trinajstić information content (AvgIpc) is 3.00. The lowest BCUT2D eigenvalue weighted by atomic mass is 10.2. The summed E-state index contributed by atoms with van der Waals surface area (Å²) in [4.78, 5) is 4.68. The van der Waals surface area contributed by atoms with Gasteiger partial charge in [0.25, 0.3) is 0 Å². The number of pyridine rings is 1. The number of hydrogen-bond acceptors (Lipinski definition) is 2. The first kappa shape index (κ1) is 11.2. The minimum absolute atomic E-state index is 1.00. The molecule has 0 unspecified atom stereocenters. The van der Waals surface area contributed by atoms with Crippen molar-refractivity contribution < 1.29 is 0 Å². The Bertz CT molecular complexity index is 930. The van der Waals surface area contributed by atoms with Gasteiger partial charge >= 0.3 is 0 Å². The first-order chi connectivity index (χ1) is 9.72. The highest BCUT2D eigenvalue weighted by atomic mass is 15.1. The van der Waals surface area contributed by atoms with Crippen LogP contribution in [0.15, 0.2) is 42.6 Å². The molecule has 4 rings (SSSR count). The molecule has 4 heteroatoms. The zero-order chi connectivity index (χ0) is 13.7. The molecule has 0 atom stereocenters. The van der Waals surface area contributed by atoms with Crippen molar-refractivity contribution >= 4 is 21.9 Å². The van der Waals surface area contributed by atoms with Crippen LogP contribution < -0.4 is 0 Å². The fraction of sp³-hybridized carbons (Fsp3) is 0.125. The fourth-order valence-corrected chi connectivity index (χ4v) is 2.70. The molecule has 0 radical (unpaired) electrons. The molecule has 20 heavy (non-hydrogen) atoms. The van der Waals surface area contributed by atoms with E-state index in [9.17, 15) is 0 Å². The minimum Gasteiger partial charge on any atom is -0.299 e. The van der Waals surface area contributed by atoms with Crippen molar-refractivity contribution in [1.82, 2.24) is 19.7 Å². The van der Waals surface area contributed by atoms with Crippen LogP contribution in [0.4, 0.5) is 0 Å². The zero-order valence-corrected chi connectivity index (χ0v) is 11.4. The maximum Gasteiger partial charge on any atom is 0.144 e. The van der Waals surface area contributed by atoms with Gasteiger partial charge in [0.15, 0.2) is 0 Å². The fourth-order valence-electron chi connectivity index (χ4n) is 2.70. The Morgan fingerprint density at radius 2 is 1.90 bits per heavy atom. The van der Waals surface area contributed by atoms with Crippen LogP contribution in [0.25, 0.3) is 27.6 Å². The minimum atomic E-state index is 1.00. The molecular weight excluding hydrogens is 248 g/mol. The molecule has 0 saturated heterocycles. The number of fused-ring (bicyclic) bond motifs is 2. The third-order valence-corrected chi connectivity index (χ3v) is 3.66. The van der Waals surface area contributed by atoms with Crippen molar-refractivity contribution in [3.63, 3.8) is 0 Å². The van der Waals surface area contributed by atoms with E-state index in [1.165, 1.54) is 11.1 Å². The molecule has 0 amide bonds. The van der Waals surface area contributed by atoms with Gasteiger partial charge < -0.3 is 0 Å². The summed E-state index contributed by atoms with van der Waals surface area (Å²) in [7, 11) is 0. The van der Waals surface area contributed by atoms with Crippen molar-refractivity contribution in [3.05, 3.63) is 54.0 Å². The van der Waals surface area contributed by atoms with E-state index in [1.807, 2.05) is 19.2 Å². The van der Waals surface area contributed by atoms with Gasteiger partial charge in [-0.2, -0.15) is 5.10 Å². The Kier molecular flexibility index (Phi) is 2.21. The van der Waals surface area contributed by atoms with Crippen molar-refractivity contribution in [2.75, 3.05) is 0 Å². The van der Waals surface area contributed by atoms with Crippen LogP contribution in [-0.4, -0.2) is 19.7 Å². The van der Waals surface area contributed by atoms with E-state index in [1.54, 1.807) is 0 Å². The molecule has 0 aliphatic heterocycles. The number of benzene rings is 1. The largest absolute Gasteiger partial charge is 0.299 e. The molecule has 3 aromatic heterocycles. The number of hydrogen-bond donors (Lipinski definition) is 1. The maximum atomic E-state index is 4.68. The van der Waals surface area contributed by atoms with Crippen molar-refractivity contribution in [2.24, 2.45) is 0 Å². The van der Waals surface area contributed by atoms with Gasteiger partial charge in [0.1, 0.15) is 5.65 Å². The Balaban J connectivity index is 2.05. The number of rotatable bonds is 1. The van der Waals surface area contributed by atoms with Crippen LogP contribution in [0.5, 0.6) is 0 Å². The predicted octanol–water partition coefficient (Wildman–Crippen LogP) is 3.52. The Hall–Kier alpha value is -2.62. The molecule has 0 fully saturated rings. The molecule has 1 aromatic carbocycles. The van der Waals surface area contributed by atoms with Gasteiger partial charge in [-0.1, -0.05) is 0 Å². The van der Waals surface area contributed by atoms with E-state index >= 15 is 0 Å². The summed E-state index contributed by atoms with van der Waals surface area (Å²) < 4.78 is 2.19. The van der Waals surface area contributed by atoms with Crippen molar-refractivity contribution in [2.45, 2.75) is 13.8 Å². The van der Waals surface area contributed by atoms with E-state index in [-0.39, 0.29) is 0 Å². The van der Waals surface area contributed by atoms with Gasteiger partial charge in [0.2, 0.25) is 0 Å². The standard InChI is InChI=1S/C16H14N4/c1-10-3-4-12-7-11(2)20(16(12)18-10)14-5-6-15-13(8-14)9-17-19-15/h3-9H,1-2H3,(H,17,19). The smallest absolute Gasteiger partial charge is 0.144 e. The molecule has 3 heterocycles. The van der Waals surface area contributed by atoms with Crippen LogP contribution >= 0.6 is 0 Å².